The summed E-state index contributed by atoms with van der Waals surface area (Å²) in [6.07, 6.45) is 1.97. The zero-order valence-electron chi connectivity index (χ0n) is 19.1. The quantitative estimate of drug-likeness (QED) is 0.278. The SMILES string of the molecule is Cc1ccc(-c2ccc(N=C(/C=C(\N)c3ccc4ccccc4c3)c3ccccc3)cc2)cc1. The van der Waals surface area contributed by atoms with Gasteiger partial charge in [-0.2, -0.15) is 0 Å². The van der Waals surface area contributed by atoms with E-state index in [-0.39, 0.29) is 0 Å². The van der Waals surface area contributed by atoms with E-state index in [1.807, 2.05) is 36.4 Å². The Hall–Kier alpha value is -4.43. The minimum Gasteiger partial charge on any atom is -0.398 e. The van der Waals surface area contributed by atoms with Crippen molar-refractivity contribution in [1.82, 2.24) is 0 Å². The van der Waals surface area contributed by atoms with Crippen LogP contribution in [0.25, 0.3) is 27.6 Å². The Bertz CT molecular complexity index is 1480. The number of benzene rings is 5. The fraction of sp³-hybridized carbons (Fsp3) is 0.0312. The minimum absolute atomic E-state index is 0.685. The second kappa shape index (κ2) is 9.60. The Morgan fingerprint density at radius 2 is 1.24 bits per heavy atom. The molecule has 0 fully saturated rings. The normalized spacial score (nSPS) is 12.1. The number of nitrogens with two attached hydrogens (primary N) is 1. The van der Waals surface area contributed by atoms with Crippen LogP contribution in [0.2, 0.25) is 0 Å². The predicted octanol–water partition coefficient (Wildman–Crippen LogP) is 7.94. The molecule has 2 N–H and O–H groups in total. The van der Waals surface area contributed by atoms with Gasteiger partial charge in [0, 0.05) is 11.3 Å². The summed E-state index contributed by atoms with van der Waals surface area (Å²) in [5, 5.41) is 2.37. The van der Waals surface area contributed by atoms with Gasteiger partial charge in [0.15, 0.2) is 0 Å². The van der Waals surface area contributed by atoms with Gasteiger partial charge in [0.2, 0.25) is 0 Å². The topological polar surface area (TPSA) is 38.4 Å². The lowest BCUT2D eigenvalue weighted by atomic mass is 10.0. The molecule has 2 heteroatoms. The van der Waals surface area contributed by atoms with Gasteiger partial charge >= 0.3 is 0 Å². The molecule has 0 aliphatic rings. The summed E-state index contributed by atoms with van der Waals surface area (Å²) in [4.78, 5) is 4.97. The van der Waals surface area contributed by atoms with Crippen molar-refractivity contribution in [2.24, 2.45) is 10.7 Å². The van der Waals surface area contributed by atoms with Crippen molar-refractivity contribution in [2.45, 2.75) is 6.92 Å². The summed E-state index contributed by atoms with van der Waals surface area (Å²) in [6, 6.07) is 41.7. The van der Waals surface area contributed by atoms with Crippen LogP contribution in [0.1, 0.15) is 16.7 Å². The highest BCUT2D eigenvalue weighted by Gasteiger charge is 2.06. The molecule has 0 atom stereocenters. The first-order valence-corrected chi connectivity index (χ1v) is 11.4. The maximum absolute atomic E-state index is 6.57. The van der Waals surface area contributed by atoms with Gasteiger partial charge < -0.3 is 5.73 Å². The van der Waals surface area contributed by atoms with Crippen LogP contribution in [0.3, 0.4) is 0 Å². The molecule has 0 bridgehead atoms. The average molecular weight is 439 g/mol. The lowest BCUT2D eigenvalue weighted by molar-refractivity contribution is 1.46. The van der Waals surface area contributed by atoms with Gasteiger partial charge in [0.25, 0.3) is 0 Å². The molecular weight excluding hydrogens is 412 g/mol. The maximum atomic E-state index is 6.57. The standard InChI is InChI=1S/C32H26N2/c1-23-11-13-25(14-12-23)26-17-19-30(20-18-26)34-32(27-8-3-2-4-9-27)22-31(33)29-16-15-24-7-5-6-10-28(24)21-29/h2-22H,33H2,1H3/b31-22-,34-32?. The molecule has 0 aliphatic carbocycles. The first kappa shape index (κ1) is 21.4. The Balaban J connectivity index is 1.51. The Labute approximate surface area is 200 Å². The van der Waals surface area contributed by atoms with Crippen LogP contribution in [-0.2, 0) is 0 Å². The summed E-state index contributed by atoms with van der Waals surface area (Å²) in [7, 11) is 0. The number of nitrogens with zero attached hydrogens (tertiary/aromatic N) is 1. The number of fused-ring (bicyclic) bond motifs is 1. The highest BCUT2D eigenvalue weighted by atomic mass is 14.7. The van der Waals surface area contributed by atoms with Gasteiger partial charge in [-0.3, -0.25) is 0 Å². The minimum atomic E-state index is 0.685. The summed E-state index contributed by atoms with van der Waals surface area (Å²) >= 11 is 0. The van der Waals surface area contributed by atoms with Crippen molar-refractivity contribution in [1.29, 1.82) is 0 Å². The van der Waals surface area contributed by atoms with Gasteiger partial charge in [-0.05, 0) is 58.7 Å². The highest BCUT2D eigenvalue weighted by Crippen LogP contribution is 2.25. The molecule has 0 amide bonds. The van der Waals surface area contributed by atoms with E-state index < -0.39 is 0 Å². The second-order valence-corrected chi connectivity index (χ2v) is 8.44. The van der Waals surface area contributed by atoms with Gasteiger partial charge in [-0.25, -0.2) is 4.99 Å². The molecule has 0 saturated heterocycles. The molecule has 0 spiro atoms. The molecule has 0 aliphatic heterocycles. The second-order valence-electron chi connectivity index (χ2n) is 8.44. The van der Waals surface area contributed by atoms with Crippen molar-refractivity contribution < 1.29 is 0 Å². The molecule has 5 aromatic carbocycles. The van der Waals surface area contributed by atoms with E-state index in [1.165, 1.54) is 27.5 Å². The molecular formula is C32H26N2. The number of aryl methyl sites for hydroxylation is 1. The van der Waals surface area contributed by atoms with E-state index >= 15 is 0 Å². The monoisotopic (exact) mass is 438 g/mol. The van der Waals surface area contributed by atoms with Crippen molar-refractivity contribution in [3.8, 4) is 11.1 Å². The number of rotatable bonds is 5. The summed E-state index contributed by atoms with van der Waals surface area (Å²) in [6.45, 7) is 2.10. The molecule has 5 rings (SSSR count). The molecule has 0 saturated carbocycles. The van der Waals surface area contributed by atoms with E-state index in [0.717, 1.165) is 22.5 Å². The number of allylic oxidation sites excluding steroid dienone is 1. The highest BCUT2D eigenvalue weighted by molar-refractivity contribution is 6.13. The Morgan fingerprint density at radius 1 is 0.618 bits per heavy atom. The molecule has 0 aromatic heterocycles. The summed E-state index contributed by atoms with van der Waals surface area (Å²) < 4.78 is 0. The van der Waals surface area contributed by atoms with E-state index in [2.05, 4.69) is 97.9 Å². The van der Waals surface area contributed by atoms with Crippen molar-refractivity contribution in [3.63, 3.8) is 0 Å². The van der Waals surface area contributed by atoms with Crippen molar-refractivity contribution >= 4 is 27.9 Å². The van der Waals surface area contributed by atoms with Crippen LogP contribution in [0.4, 0.5) is 5.69 Å². The van der Waals surface area contributed by atoms with Gasteiger partial charge in [-0.15, -0.1) is 0 Å². The fourth-order valence-corrected chi connectivity index (χ4v) is 4.00. The smallest absolute Gasteiger partial charge is 0.0729 e. The van der Waals surface area contributed by atoms with Crippen LogP contribution in [0.15, 0.2) is 132 Å². The molecule has 0 heterocycles. The first-order valence-electron chi connectivity index (χ1n) is 11.4. The molecule has 0 unspecified atom stereocenters. The lowest BCUT2D eigenvalue weighted by Crippen LogP contribution is -2.03. The van der Waals surface area contributed by atoms with Gasteiger partial charge in [0.1, 0.15) is 0 Å². The Morgan fingerprint density at radius 3 is 1.94 bits per heavy atom. The molecule has 2 nitrogen and oxygen atoms in total. The van der Waals surface area contributed by atoms with E-state index in [4.69, 9.17) is 10.7 Å². The van der Waals surface area contributed by atoms with Crippen LogP contribution >= 0.6 is 0 Å². The summed E-state index contributed by atoms with van der Waals surface area (Å²) in [5.41, 5.74) is 14.6. The number of aliphatic imine (C=N–C) groups is 1. The molecule has 164 valence electrons. The lowest BCUT2D eigenvalue weighted by Gasteiger charge is -2.08. The van der Waals surface area contributed by atoms with Crippen LogP contribution in [0.5, 0.6) is 0 Å². The van der Waals surface area contributed by atoms with E-state index in [9.17, 15) is 0 Å². The van der Waals surface area contributed by atoms with Crippen LogP contribution < -0.4 is 5.73 Å². The third-order valence-electron chi connectivity index (χ3n) is 5.95. The van der Waals surface area contributed by atoms with Crippen molar-refractivity contribution in [2.75, 3.05) is 0 Å². The number of hydrogen-bond donors (Lipinski definition) is 1. The van der Waals surface area contributed by atoms with Gasteiger partial charge in [-0.1, -0.05) is 109 Å². The van der Waals surface area contributed by atoms with Gasteiger partial charge in [0.05, 0.1) is 11.4 Å². The fourth-order valence-electron chi connectivity index (χ4n) is 4.00. The zero-order valence-corrected chi connectivity index (χ0v) is 19.1. The van der Waals surface area contributed by atoms with Crippen molar-refractivity contribution in [3.05, 3.63) is 144 Å². The average Bonchev–Trinajstić information content (AvgIpc) is 2.89. The zero-order chi connectivity index (χ0) is 23.3. The van der Waals surface area contributed by atoms with E-state index in [1.54, 1.807) is 0 Å². The molecule has 5 aromatic rings. The third kappa shape index (κ3) is 4.82. The van der Waals surface area contributed by atoms with Crippen LogP contribution in [-0.4, -0.2) is 5.71 Å². The van der Waals surface area contributed by atoms with Crippen LogP contribution in [0, 0.1) is 6.92 Å². The third-order valence-corrected chi connectivity index (χ3v) is 5.95. The largest absolute Gasteiger partial charge is 0.398 e. The van der Waals surface area contributed by atoms with E-state index in [0.29, 0.717) is 5.70 Å². The first-order chi connectivity index (χ1) is 16.7. The maximum Gasteiger partial charge on any atom is 0.0729 e. The molecule has 0 radical (unpaired) electrons. The number of hydrogen-bond acceptors (Lipinski definition) is 2. The summed E-state index contributed by atoms with van der Waals surface area (Å²) in [5.74, 6) is 0. The Kier molecular flexibility index (Phi) is 6.05. The predicted molar refractivity (Wildman–Crippen MR) is 145 cm³/mol. The molecule has 34 heavy (non-hydrogen) atoms.